The van der Waals surface area contributed by atoms with Crippen LogP contribution in [0.2, 0.25) is 0 Å². The zero-order chi connectivity index (χ0) is 24.8. The number of hydrogen-bond acceptors (Lipinski definition) is 6. The van der Waals surface area contributed by atoms with E-state index in [1.165, 1.54) is 0 Å². The van der Waals surface area contributed by atoms with Crippen LogP contribution in [-0.2, 0) is 13.5 Å². The van der Waals surface area contributed by atoms with Gasteiger partial charge in [-0.25, -0.2) is 14.8 Å². The fraction of sp³-hybridized carbons (Fsp3) is 0.333. The molecule has 1 atom stereocenters. The summed E-state index contributed by atoms with van der Waals surface area (Å²) in [5.74, 6) is 0.858. The minimum absolute atomic E-state index is 0.0556. The third-order valence-electron chi connectivity index (χ3n) is 7.50. The van der Waals surface area contributed by atoms with E-state index in [4.69, 9.17) is 0 Å². The number of piperidine rings is 1. The Bertz CT molecular complexity index is 1580. The number of likely N-dealkylation sites (tertiary alicyclic amines) is 1. The molecule has 5 heterocycles. The monoisotopic (exact) mass is 483 g/mol. The lowest BCUT2D eigenvalue weighted by molar-refractivity contribution is 0.0969. The number of hydrogen-bond donors (Lipinski definition) is 2. The third-order valence-corrected chi connectivity index (χ3v) is 7.50. The van der Waals surface area contributed by atoms with Crippen molar-refractivity contribution in [2.24, 2.45) is 12.0 Å². The van der Waals surface area contributed by atoms with E-state index < -0.39 is 6.04 Å². The lowest BCUT2D eigenvalue weighted by Crippen LogP contribution is -2.41. The van der Waals surface area contributed by atoms with E-state index in [-0.39, 0.29) is 17.5 Å². The highest BCUT2D eigenvalue weighted by Gasteiger charge is 2.29. The molecule has 2 aliphatic rings. The number of fused-ring (bicyclic) bond motifs is 2. The molecule has 0 bridgehead atoms. The van der Waals surface area contributed by atoms with E-state index >= 15 is 0 Å². The van der Waals surface area contributed by atoms with Gasteiger partial charge in [-0.15, -0.1) is 0 Å². The van der Waals surface area contributed by atoms with Gasteiger partial charge in [0, 0.05) is 54.5 Å². The molecule has 9 heteroatoms. The Morgan fingerprint density at radius 2 is 1.89 bits per heavy atom. The Morgan fingerprint density at radius 3 is 2.69 bits per heavy atom. The molecule has 0 spiro atoms. The molecule has 0 amide bonds. The first-order valence-corrected chi connectivity index (χ1v) is 12.5. The van der Waals surface area contributed by atoms with Crippen molar-refractivity contribution in [3.05, 3.63) is 76.2 Å². The molecule has 9 nitrogen and oxygen atoms in total. The highest BCUT2D eigenvalue weighted by Crippen LogP contribution is 2.30. The predicted octanol–water partition coefficient (Wildman–Crippen LogP) is 3.14. The van der Waals surface area contributed by atoms with Crippen LogP contribution in [0.1, 0.15) is 41.9 Å². The van der Waals surface area contributed by atoms with Crippen molar-refractivity contribution in [3.63, 3.8) is 0 Å². The second-order valence-electron chi connectivity index (χ2n) is 9.43. The smallest absolute Gasteiger partial charge is 0.327 e. The summed E-state index contributed by atoms with van der Waals surface area (Å²) in [4.78, 5) is 40.2. The molecule has 1 fully saturated rings. The molecule has 1 saturated heterocycles. The summed E-state index contributed by atoms with van der Waals surface area (Å²) < 4.78 is 3.95. The number of imidazole rings is 1. The van der Waals surface area contributed by atoms with Crippen molar-refractivity contribution in [1.29, 1.82) is 0 Å². The number of para-hydroxylation sites is 1. The van der Waals surface area contributed by atoms with Gasteiger partial charge in [-0.05, 0) is 43.5 Å². The van der Waals surface area contributed by atoms with Gasteiger partial charge in [0.15, 0.2) is 11.4 Å². The minimum atomic E-state index is -0.478. The summed E-state index contributed by atoms with van der Waals surface area (Å²) in [7, 11) is 2.02. The van der Waals surface area contributed by atoms with Gasteiger partial charge in [0.2, 0.25) is 0 Å². The highest BCUT2D eigenvalue weighted by molar-refractivity contribution is 6.13. The summed E-state index contributed by atoms with van der Waals surface area (Å²) in [6.07, 6.45) is 7.66. The number of aromatic amines is 1. The van der Waals surface area contributed by atoms with Crippen LogP contribution >= 0.6 is 0 Å². The third kappa shape index (κ3) is 3.54. The molecule has 0 saturated carbocycles. The molecule has 2 aliphatic heterocycles. The average molecular weight is 484 g/mol. The Hall–Kier alpha value is -4.14. The Kier molecular flexibility index (Phi) is 5.47. The van der Waals surface area contributed by atoms with Gasteiger partial charge in [-0.3, -0.25) is 14.3 Å². The Balaban J connectivity index is 1.23. The van der Waals surface area contributed by atoms with Gasteiger partial charge in [-0.2, -0.15) is 0 Å². The first-order valence-electron chi connectivity index (χ1n) is 12.5. The predicted molar refractivity (Wildman–Crippen MR) is 140 cm³/mol. The standard InChI is InChI=1S/C27H29N7O2/c1-3-20-24(18-7-4-5-8-21(18)32(20)2)25(35)19-15-23(30-16-29-19)33-13-10-17(11-14-33)34-22-9-6-12-28-26(22)31-27(34)36/h4-9,12,15-17,19H,3,10-11,13-14H2,1-2H3,(H,29,30)(H,28,31,36). The number of H-pyrrole nitrogens is 1. The van der Waals surface area contributed by atoms with Gasteiger partial charge in [0.1, 0.15) is 11.9 Å². The van der Waals surface area contributed by atoms with E-state index in [2.05, 4.69) is 42.7 Å². The number of carbonyl (C=O) groups excluding carboxylic acids is 1. The number of aliphatic imine (C=N–C) groups is 1. The van der Waals surface area contributed by atoms with Crippen molar-refractivity contribution in [3.8, 4) is 0 Å². The number of Topliss-reactive ketones (excluding diaryl/α,β-unsaturated/α-hetero) is 1. The Morgan fingerprint density at radius 1 is 1.11 bits per heavy atom. The lowest BCUT2D eigenvalue weighted by Gasteiger charge is -2.35. The normalized spacial score (nSPS) is 18.6. The topological polar surface area (TPSA) is 100 Å². The first-order chi connectivity index (χ1) is 17.6. The van der Waals surface area contributed by atoms with Gasteiger partial charge in [0.25, 0.3) is 0 Å². The van der Waals surface area contributed by atoms with Gasteiger partial charge >= 0.3 is 5.69 Å². The van der Waals surface area contributed by atoms with Gasteiger partial charge in [-0.1, -0.05) is 25.1 Å². The van der Waals surface area contributed by atoms with Crippen molar-refractivity contribution in [1.82, 2.24) is 29.3 Å². The number of aromatic nitrogens is 4. The summed E-state index contributed by atoms with van der Waals surface area (Å²) >= 11 is 0. The number of rotatable bonds is 5. The number of nitrogens with zero attached hydrogens (tertiary/aromatic N) is 5. The van der Waals surface area contributed by atoms with Crippen molar-refractivity contribution in [2.45, 2.75) is 38.3 Å². The SMILES string of the molecule is CCc1c(C(=O)C2C=C(N3CCC(n4c(=O)[nH]c5ncccc54)CC3)N=CN2)c2ccccc2n1C. The molecule has 184 valence electrons. The zero-order valence-corrected chi connectivity index (χ0v) is 20.4. The molecule has 0 radical (unpaired) electrons. The van der Waals surface area contributed by atoms with Crippen LogP contribution in [0.5, 0.6) is 0 Å². The van der Waals surface area contributed by atoms with Gasteiger partial charge in [0.05, 0.1) is 11.9 Å². The molecular weight excluding hydrogens is 454 g/mol. The van der Waals surface area contributed by atoms with E-state index in [9.17, 15) is 9.59 Å². The number of pyridine rings is 1. The maximum absolute atomic E-state index is 13.8. The van der Waals surface area contributed by atoms with Crippen molar-refractivity contribution < 1.29 is 4.79 Å². The van der Waals surface area contributed by atoms with Crippen LogP contribution in [0, 0.1) is 0 Å². The van der Waals surface area contributed by atoms with Crippen LogP contribution in [-0.4, -0.2) is 55.3 Å². The van der Waals surface area contributed by atoms with Crippen LogP contribution < -0.4 is 11.0 Å². The summed E-state index contributed by atoms with van der Waals surface area (Å²) in [5, 5.41) is 4.15. The quantitative estimate of drug-likeness (QED) is 0.425. The average Bonchev–Trinajstić information content (AvgIpc) is 3.41. The Labute approximate surface area is 208 Å². The fourth-order valence-electron chi connectivity index (χ4n) is 5.73. The number of ketones is 1. The molecule has 6 rings (SSSR count). The van der Waals surface area contributed by atoms with E-state index in [1.54, 1.807) is 12.5 Å². The first kappa shape index (κ1) is 22.3. The molecule has 1 unspecified atom stereocenters. The summed E-state index contributed by atoms with van der Waals surface area (Å²) in [5.41, 5.74) is 4.24. The highest BCUT2D eigenvalue weighted by atomic mass is 16.1. The molecule has 0 aliphatic carbocycles. The lowest BCUT2D eigenvalue weighted by atomic mass is 9.98. The van der Waals surface area contributed by atoms with Crippen molar-refractivity contribution in [2.75, 3.05) is 13.1 Å². The summed E-state index contributed by atoms with van der Waals surface area (Å²) in [6, 6.07) is 11.5. The number of nitrogens with one attached hydrogen (secondary N) is 2. The maximum atomic E-state index is 13.8. The van der Waals surface area contributed by atoms with E-state index in [1.807, 2.05) is 48.0 Å². The van der Waals surface area contributed by atoms with Crippen molar-refractivity contribution >= 4 is 34.2 Å². The van der Waals surface area contributed by atoms with Crippen LogP contribution in [0.3, 0.4) is 0 Å². The fourth-order valence-corrected chi connectivity index (χ4v) is 5.73. The van der Waals surface area contributed by atoms with Gasteiger partial charge < -0.3 is 14.8 Å². The molecular formula is C27H29N7O2. The molecule has 1 aromatic carbocycles. The number of aryl methyl sites for hydroxylation is 1. The van der Waals surface area contributed by atoms with E-state index in [0.717, 1.165) is 65.8 Å². The van der Waals surface area contributed by atoms with Crippen LogP contribution in [0.15, 0.2) is 64.3 Å². The van der Waals surface area contributed by atoms with Crippen LogP contribution in [0.25, 0.3) is 22.1 Å². The molecule has 36 heavy (non-hydrogen) atoms. The second-order valence-corrected chi connectivity index (χ2v) is 9.43. The van der Waals surface area contributed by atoms with E-state index in [0.29, 0.717) is 5.65 Å². The second kappa shape index (κ2) is 8.82. The number of carbonyl (C=O) groups is 1. The minimum Gasteiger partial charge on any atom is -0.362 e. The molecule has 4 aromatic rings. The maximum Gasteiger partial charge on any atom is 0.327 e. The summed E-state index contributed by atoms with van der Waals surface area (Å²) in [6.45, 7) is 3.59. The number of benzene rings is 1. The largest absolute Gasteiger partial charge is 0.362 e. The molecule has 3 aromatic heterocycles. The van der Waals surface area contributed by atoms with Crippen LogP contribution in [0.4, 0.5) is 0 Å². The molecule has 2 N–H and O–H groups in total. The zero-order valence-electron chi connectivity index (χ0n) is 20.4.